The first kappa shape index (κ1) is 37.3. The maximum atomic E-state index is 13.2. The second-order valence-electron chi connectivity index (χ2n) is 22.1. The highest BCUT2D eigenvalue weighted by molar-refractivity contribution is 5.69. The number of aliphatic hydroxyl groups excluding tert-OH is 2. The highest BCUT2D eigenvalue weighted by atomic mass is 16.5. The fourth-order valence-corrected chi connectivity index (χ4v) is 17.6. The van der Waals surface area contributed by atoms with Crippen LogP contribution in [0.5, 0.6) is 0 Å². The first-order chi connectivity index (χ1) is 24.3. The van der Waals surface area contributed by atoms with E-state index in [9.17, 15) is 15.0 Å². The summed E-state index contributed by atoms with van der Waals surface area (Å²) in [6, 6.07) is 0. The third-order valence-corrected chi connectivity index (χ3v) is 20.4. The van der Waals surface area contributed by atoms with Gasteiger partial charge in [-0.3, -0.25) is 4.79 Å². The molecule has 4 heteroatoms. The zero-order valence-electron chi connectivity index (χ0n) is 33.9. The van der Waals surface area contributed by atoms with Gasteiger partial charge in [-0.25, -0.2) is 0 Å². The fraction of sp³-hybridized carbons (Fsp3) is 0.979. The van der Waals surface area contributed by atoms with Crippen molar-refractivity contribution in [2.45, 2.75) is 189 Å². The Kier molecular flexibility index (Phi) is 10.1. The molecular formula is C47H78O4. The largest absolute Gasteiger partial charge is 0.466 e. The molecule has 290 valence electrons. The molecule has 18 atom stereocenters. The zero-order chi connectivity index (χ0) is 35.9. The van der Waals surface area contributed by atoms with Gasteiger partial charge in [0.1, 0.15) is 0 Å². The van der Waals surface area contributed by atoms with Crippen LogP contribution in [0.25, 0.3) is 0 Å². The molecule has 0 amide bonds. The third-order valence-electron chi connectivity index (χ3n) is 20.4. The van der Waals surface area contributed by atoms with Crippen molar-refractivity contribution in [3.63, 3.8) is 0 Å². The molecule has 0 aromatic rings. The molecule has 0 bridgehead atoms. The van der Waals surface area contributed by atoms with Gasteiger partial charge in [-0.2, -0.15) is 0 Å². The van der Waals surface area contributed by atoms with E-state index in [1.54, 1.807) is 0 Å². The van der Waals surface area contributed by atoms with Crippen LogP contribution in [0.2, 0.25) is 0 Å². The molecule has 2 unspecified atom stereocenters. The lowest BCUT2D eigenvalue weighted by molar-refractivity contribution is -0.145. The summed E-state index contributed by atoms with van der Waals surface area (Å²) in [5.74, 6) is 9.41. The summed E-state index contributed by atoms with van der Waals surface area (Å²) >= 11 is 0. The van der Waals surface area contributed by atoms with Crippen molar-refractivity contribution in [3.05, 3.63) is 0 Å². The molecule has 0 spiro atoms. The number of rotatable bonds is 8. The molecule has 2 N–H and O–H groups in total. The van der Waals surface area contributed by atoms with Crippen molar-refractivity contribution in [1.29, 1.82) is 0 Å². The molecule has 8 saturated carbocycles. The maximum Gasteiger partial charge on any atom is 0.305 e. The molecule has 8 fully saturated rings. The van der Waals surface area contributed by atoms with Crippen LogP contribution < -0.4 is 0 Å². The Balaban J connectivity index is 0.799. The Morgan fingerprint density at radius 1 is 0.569 bits per heavy atom. The predicted octanol–water partition coefficient (Wildman–Crippen LogP) is 11.0. The Morgan fingerprint density at radius 3 is 1.49 bits per heavy atom. The van der Waals surface area contributed by atoms with Crippen LogP contribution in [0.3, 0.4) is 0 Å². The summed E-state index contributed by atoms with van der Waals surface area (Å²) in [6.45, 7) is 16.0. The van der Waals surface area contributed by atoms with Gasteiger partial charge >= 0.3 is 5.97 Å². The summed E-state index contributed by atoms with van der Waals surface area (Å²) in [5.41, 5.74) is 1.78. The lowest BCUT2D eigenvalue weighted by atomic mass is 9.44. The quantitative estimate of drug-likeness (QED) is 0.247. The number of hydrogen-bond acceptors (Lipinski definition) is 4. The van der Waals surface area contributed by atoms with Crippen LogP contribution >= 0.6 is 0 Å². The number of fused-ring (bicyclic) bond motifs is 10. The number of ether oxygens (including phenoxy) is 1. The summed E-state index contributed by atoms with van der Waals surface area (Å²) in [7, 11) is 0. The minimum absolute atomic E-state index is 0.0433. The molecule has 8 aliphatic rings. The highest BCUT2D eigenvalue weighted by Gasteiger charge is 2.62. The number of esters is 1. The van der Waals surface area contributed by atoms with E-state index in [1.165, 1.54) is 89.9 Å². The average molecular weight is 707 g/mol. The highest BCUT2D eigenvalue weighted by Crippen LogP contribution is 2.70. The molecule has 0 aromatic carbocycles. The topological polar surface area (TPSA) is 66.8 Å². The van der Waals surface area contributed by atoms with E-state index in [4.69, 9.17) is 4.74 Å². The molecule has 51 heavy (non-hydrogen) atoms. The predicted molar refractivity (Wildman–Crippen MR) is 206 cm³/mol. The van der Waals surface area contributed by atoms with Gasteiger partial charge in [0.15, 0.2) is 0 Å². The summed E-state index contributed by atoms with van der Waals surface area (Å²) < 4.78 is 6.02. The molecule has 4 nitrogen and oxygen atoms in total. The first-order valence-corrected chi connectivity index (χ1v) is 22.8. The Hall–Kier alpha value is -0.610. The van der Waals surface area contributed by atoms with Crippen LogP contribution in [0.4, 0.5) is 0 Å². The second-order valence-corrected chi connectivity index (χ2v) is 22.1. The van der Waals surface area contributed by atoms with Gasteiger partial charge in [-0.05, 0) is 221 Å². The van der Waals surface area contributed by atoms with Crippen LogP contribution in [-0.4, -0.2) is 35.0 Å². The van der Waals surface area contributed by atoms with Crippen LogP contribution in [-0.2, 0) is 9.53 Å². The van der Waals surface area contributed by atoms with Crippen molar-refractivity contribution < 1.29 is 19.7 Å². The van der Waals surface area contributed by atoms with Crippen LogP contribution in [0.1, 0.15) is 176 Å². The molecule has 0 heterocycles. The number of aliphatic hydroxyl groups is 2. The van der Waals surface area contributed by atoms with Gasteiger partial charge in [0.25, 0.3) is 0 Å². The number of carbonyl (C=O) groups is 1. The minimum Gasteiger partial charge on any atom is -0.466 e. The monoisotopic (exact) mass is 707 g/mol. The van der Waals surface area contributed by atoms with E-state index in [2.05, 4.69) is 41.5 Å². The Labute approximate surface area is 312 Å². The molecule has 8 rings (SSSR count). The van der Waals surface area contributed by atoms with Gasteiger partial charge < -0.3 is 14.9 Å². The van der Waals surface area contributed by atoms with Crippen LogP contribution in [0, 0.1) is 92.7 Å². The van der Waals surface area contributed by atoms with Gasteiger partial charge in [-0.15, -0.1) is 0 Å². The van der Waals surface area contributed by atoms with Gasteiger partial charge in [0.2, 0.25) is 0 Å². The lowest BCUT2D eigenvalue weighted by Crippen LogP contribution is -2.54. The van der Waals surface area contributed by atoms with E-state index in [0.29, 0.717) is 46.5 Å². The molecule has 0 radical (unpaired) electrons. The zero-order valence-corrected chi connectivity index (χ0v) is 33.9. The normalized spacial score (nSPS) is 53.0. The maximum absolute atomic E-state index is 13.2. The van der Waals surface area contributed by atoms with Crippen molar-refractivity contribution in [1.82, 2.24) is 0 Å². The summed E-state index contributed by atoms with van der Waals surface area (Å²) in [5, 5.41) is 20.9. The minimum atomic E-state index is -0.0588. The summed E-state index contributed by atoms with van der Waals surface area (Å²) in [6.07, 6.45) is 25.6. The summed E-state index contributed by atoms with van der Waals surface area (Å²) in [4.78, 5) is 13.2. The molecule has 0 aromatic heterocycles. The van der Waals surface area contributed by atoms with Crippen molar-refractivity contribution in [2.75, 3.05) is 6.61 Å². The third kappa shape index (κ3) is 6.14. The molecule has 0 saturated heterocycles. The molecular weight excluding hydrogens is 629 g/mol. The van der Waals surface area contributed by atoms with Gasteiger partial charge in [-0.1, -0.05) is 41.5 Å². The fourth-order valence-electron chi connectivity index (χ4n) is 17.6. The Bertz CT molecular complexity index is 1260. The van der Waals surface area contributed by atoms with Gasteiger partial charge in [0.05, 0.1) is 18.8 Å². The first-order valence-electron chi connectivity index (χ1n) is 22.8. The number of hydrogen-bond donors (Lipinski definition) is 2. The molecule has 8 aliphatic carbocycles. The van der Waals surface area contributed by atoms with E-state index in [1.807, 2.05) is 0 Å². The van der Waals surface area contributed by atoms with Crippen LogP contribution in [0.15, 0.2) is 0 Å². The SMILES string of the molecule is C[C@H](CCOC(=O)CC[C@@H](C)[C@H]1CC[C@H]2[C@@H]3CCC4C[C@H](O)CC[C@]4(C)[C@H]3CC[C@]12C)[C@H]1CC[C@H]2[C@@H]3CCC4C[C@H](O)CC[C@]4(C)[C@H]3CC[C@]12C. The van der Waals surface area contributed by atoms with E-state index in [0.717, 1.165) is 97.7 Å². The van der Waals surface area contributed by atoms with E-state index in [-0.39, 0.29) is 18.2 Å². The van der Waals surface area contributed by atoms with Crippen molar-refractivity contribution >= 4 is 5.97 Å². The van der Waals surface area contributed by atoms with Crippen molar-refractivity contribution in [3.8, 4) is 0 Å². The molecule has 0 aliphatic heterocycles. The average Bonchev–Trinajstić information content (AvgIpc) is 3.64. The van der Waals surface area contributed by atoms with E-state index >= 15 is 0 Å². The lowest BCUT2D eigenvalue weighted by Gasteiger charge is -2.61. The standard InChI is InChI=1S/C47H78O4/c1-29(37-12-14-39-35-10-8-31-27-33(48)17-22-44(31,3)41(35)19-24-46(37,39)5)7-16-43(50)51-26-21-30(2)38-13-15-40-36-11-9-32-28-34(49)18-23-45(32,4)42(36)20-25-47(38,40)6/h29-42,48-49H,7-28H2,1-6H3/t29-,30-,31?,32?,33-,34-,35+,36+,37-,38-,39+,40+,41+,42+,44+,45+,46-,47-/m1/s1. The smallest absolute Gasteiger partial charge is 0.305 e. The van der Waals surface area contributed by atoms with E-state index < -0.39 is 0 Å². The second kappa shape index (κ2) is 13.8. The van der Waals surface area contributed by atoms with Gasteiger partial charge in [0, 0.05) is 6.42 Å². The van der Waals surface area contributed by atoms with Crippen molar-refractivity contribution in [2.24, 2.45) is 92.7 Å². The Morgan fingerprint density at radius 2 is 1.00 bits per heavy atom. The number of carbonyl (C=O) groups excluding carboxylic acids is 1.